The molecule has 136 valence electrons. The first-order chi connectivity index (χ1) is 13.1. The zero-order chi connectivity index (χ0) is 18.8. The van der Waals surface area contributed by atoms with Crippen LogP contribution in [0.5, 0.6) is 0 Å². The molecular formula is C23H23N3O. The van der Waals surface area contributed by atoms with Crippen molar-refractivity contribution in [3.63, 3.8) is 0 Å². The van der Waals surface area contributed by atoms with Gasteiger partial charge in [0.05, 0.1) is 17.4 Å². The summed E-state index contributed by atoms with van der Waals surface area (Å²) in [6.45, 7) is 5.07. The molecule has 1 amide bonds. The number of nitrogens with zero attached hydrogens (tertiary/aromatic N) is 2. The molecule has 0 atom stereocenters. The summed E-state index contributed by atoms with van der Waals surface area (Å²) in [5, 5.41) is 3.34. The molecule has 0 bridgehead atoms. The van der Waals surface area contributed by atoms with E-state index in [0.29, 0.717) is 18.0 Å². The Morgan fingerprint density at radius 2 is 1.81 bits per heavy atom. The number of hydrogen-bond acceptors (Lipinski definition) is 3. The Kier molecular flexibility index (Phi) is 4.63. The van der Waals surface area contributed by atoms with E-state index in [1.54, 1.807) is 12.4 Å². The minimum absolute atomic E-state index is 0.00810. The Morgan fingerprint density at radius 1 is 1.04 bits per heavy atom. The largest absolute Gasteiger partial charge is 0.354 e. The fourth-order valence-corrected chi connectivity index (χ4v) is 3.45. The molecule has 1 aromatic heterocycles. The Morgan fingerprint density at radius 3 is 2.59 bits per heavy atom. The second kappa shape index (κ2) is 7.23. The van der Waals surface area contributed by atoms with Crippen LogP contribution in [0.4, 0.5) is 17.1 Å². The third-order valence-electron chi connectivity index (χ3n) is 4.98. The number of amides is 1. The molecule has 0 saturated carbocycles. The molecule has 0 radical (unpaired) electrons. The number of aromatic nitrogens is 1. The van der Waals surface area contributed by atoms with Crippen LogP contribution in [0.3, 0.4) is 0 Å². The first-order valence-corrected chi connectivity index (χ1v) is 9.33. The van der Waals surface area contributed by atoms with Crippen LogP contribution in [-0.2, 0) is 6.42 Å². The average Bonchev–Trinajstić information content (AvgIpc) is 3.12. The summed E-state index contributed by atoms with van der Waals surface area (Å²) in [5.41, 5.74) is 5.91. The molecule has 0 spiro atoms. The molecule has 1 aliphatic heterocycles. The van der Waals surface area contributed by atoms with Crippen molar-refractivity contribution in [2.75, 3.05) is 16.8 Å². The third-order valence-corrected chi connectivity index (χ3v) is 4.98. The van der Waals surface area contributed by atoms with Crippen molar-refractivity contribution >= 4 is 23.0 Å². The van der Waals surface area contributed by atoms with Crippen LogP contribution in [0.15, 0.2) is 67.0 Å². The lowest BCUT2D eigenvalue weighted by Crippen LogP contribution is -2.29. The van der Waals surface area contributed by atoms with Gasteiger partial charge >= 0.3 is 0 Å². The van der Waals surface area contributed by atoms with Gasteiger partial charge in [-0.2, -0.15) is 0 Å². The van der Waals surface area contributed by atoms with E-state index in [1.807, 2.05) is 29.2 Å². The molecule has 2 heterocycles. The smallest absolute Gasteiger partial charge is 0.259 e. The summed E-state index contributed by atoms with van der Waals surface area (Å²) in [5.74, 6) is 0.497. The number of benzene rings is 2. The average molecular weight is 357 g/mol. The quantitative estimate of drug-likeness (QED) is 0.702. The summed E-state index contributed by atoms with van der Waals surface area (Å²) < 4.78 is 0. The maximum Gasteiger partial charge on any atom is 0.259 e. The summed E-state index contributed by atoms with van der Waals surface area (Å²) in [4.78, 5) is 19.1. The van der Waals surface area contributed by atoms with E-state index in [2.05, 4.69) is 54.5 Å². The Labute approximate surface area is 159 Å². The van der Waals surface area contributed by atoms with Crippen LogP contribution >= 0.6 is 0 Å². The van der Waals surface area contributed by atoms with Gasteiger partial charge < -0.3 is 10.2 Å². The van der Waals surface area contributed by atoms with Crippen molar-refractivity contribution in [3.8, 4) is 0 Å². The molecule has 4 heteroatoms. The van der Waals surface area contributed by atoms with E-state index in [-0.39, 0.29) is 5.91 Å². The first kappa shape index (κ1) is 17.3. The molecule has 0 fully saturated rings. The third kappa shape index (κ3) is 3.56. The van der Waals surface area contributed by atoms with Gasteiger partial charge in [-0.25, -0.2) is 0 Å². The zero-order valence-electron chi connectivity index (χ0n) is 15.6. The number of para-hydroxylation sites is 1. The molecular weight excluding hydrogens is 334 g/mol. The number of nitrogens with one attached hydrogen (secondary N) is 1. The first-order valence-electron chi connectivity index (χ1n) is 9.33. The highest BCUT2D eigenvalue weighted by Gasteiger charge is 2.25. The summed E-state index contributed by atoms with van der Waals surface area (Å²) in [6, 6.07) is 18.3. The van der Waals surface area contributed by atoms with Crippen molar-refractivity contribution < 1.29 is 4.79 Å². The normalized spacial score (nSPS) is 12.9. The highest BCUT2D eigenvalue weighted by molar-refractivity contribution is 6.07. The fraction of sp³-hybridized carbons (Fsp3) is 0.217. The van der Waals surface area contributed by atoms with Gasteiger partial charge in [-0.1, -0.05) is 44.2 Å². The predicted octanol–water partition coefficient (Wildman–Crippen LogP) is 5.15. The summed E-state index contributed by atoms with van der Waals surface area (Å²) in [6.07, 6.45) is 4.27. The molecule has 27 heavy (non-hydrogen) atoms. The number of anilines is 3. The van der Waals surface area contributed by atoms with Crippen LogP contribution in [0, 0.1) is 0 Å². The Bertz CT molecular complexity index is 963. The van der Waals surface area contributed by atoms with Gasteiger partial charge in [0.2, 0.25) is 0 Å². The van der Waals surface area contributed by atoms with Crippen LogP contribution in [0.1, 0.15) is 41.3 Å². The molecule has 0 saturated heterocycles. The maximum atomic E-state index is 13.0. The topological polar surface area (TPSA) is 45.2 Å². The minimum Gasteiger partial charge on any atom is -0.354 e. The Balaban J connectivity index is 1.53. The van der Waals surface area contributed by atoms with E-state index >= 15 is 0 Å². The van der Waals surface area contributed by atoms with E-state index in [9.17, 15) is 4.79 Å². The molecule has 2 aromatic carbocycles. The van der Waals surface area contributed by atoms with Crippen LogP contribution < -0.4 is 10.2 Å². The highest BCUT2D eigenvalue weighted by Crippen LogP contribution is 2.29. The minimum atomic E-state index is -0.00810. The highest BCUT2D eigenvalue weighted by atomic mass is 16.2. The van der Waals surface area contributed by atoms with Crippen LogP contribution in [0.2, 0.25) is 0 Å². The molecule has 0 aliphatic carbocycles. The lowest BCUT2D eigenvalue weighted by atomic mass is 10.0. The predicted molar refractivity (Wildman–Crippen MR) is 110 cm³/mol. The maximum absolute atomic E-state index is 13.0. The Hall–Kier alpha value is -3.14. The number of hydrogen-bond donors (Lipinski definition) is 1. The number of carbonyl (C=O) groups is 1. The van der Waals surface area contributed by atoms with Gasteiger partial charge in [0, 0.05) is 24.1 Å². The molecule has 0 unspecified atom stereocenters. The SMILES string of the molecule is CC(C)c1ccc(Nc2cncc(C(=O)N3CCc4ccccc43)c2)cc1. The number of pyridine rings is 1. The van der Waals surface area contributed by atoms with Crippen molar-refractivity contribution in [3.05, 3.63) is 83.7 Å². The second-order valence-electron chi connectivity index (χ2n) is 7.20. The molecule has 1 N–H and O–H groups in total. The zero-order valence-corrected chi connectivity index (χ0v) is 15.6. The van der Waals surface area contributed by atoms with Crippen molar-refractivity contribution in [1.29, 1.82) is 0 Å². The van der Waals surface area contributed by atoms with Crippen molar-refractivity contribution in [2.24, 2.45) is 0 Å². The molecule has 1 aliphatic rings. The summed E-state index contributed by atoms with van der Waals surface area (Å²) >= 11 is 0. The van der Waals surface area contributed by atoms with Gasteiger partial charge in [-0.3, -0.25) is 9.78 Å². The standard InChI is InChI=1S/C23H23N3O/c1-16(2)17-7-9-20(10-8-17)25-21-13-19(14-24-15-21)23(27)26-12-11-18-5-3-4-6-22(18)26/h3-10,13-16,25H,11-12H2,1-2H3. The van der Waals surface area contributed by atoms with Gasteiger partial charge in [0.1, 0.15) is 0 Å². The lowest BCUT2D eigenvalue weighted by Gasteiger charge is -2.17. The molecule has 3 aromatic rings. The van der Waals surface area contributed by atoms with E-state index in [4.69, 9.17) is 0 Å². The molecule has 4 nitrogen and oxygen atoms in total. The van der Waals surface area contributed by atoms with Gasteiger partial charge in [-0.15, -0.1) is 0 Å². The van der Waals surface area contributed by atoms with Gasteiger partial charge in [0.15, 0.2) is 0 Å². The van der Waals surface area contributed by atoms with E-state index < -0.39 is 0 Å². The molecule has 4 rings (SSSR count). The van der Waals surface area contributed by atoms with Crippen molar-refractivity contribution in [1.82, 2.24) is 4.98 Å². The number of carbonyl (C=O) groups excluding carboxylic acids is 1. The fourth-order valence-electron chi connectivity index (χ4n) is 3.45. The number of rotatable bonds is 4. The van der Waals surface area contributed by atoms with Crippen molar-refractivity contribution in [2.45, 2.75) is 26.2 Å². The van der Waals surface area contributed by atoms with Crippen LogP contribution in [-0.4, -0.2) is 17.4 Å². The lowest BCUT2D eigenvalue weighted by molar-refractivity contribution is 0.0989. The van der Waals surface area contributed by atoms with Crippen LogP contribution in [0.25, 0.3) is 0 Å². The summed E-state index contributed by atoms with van der Waals surface area (Å²) in [7, 11) is 0. The monoisotopic (exact) mass is 357 g/mol. The van der Waals surface area contributed by atoms with Gasteiger partial charge in [-0.05, 0) is 47.7 Å². The van der Waals surface area contributed by atoms with E-state index in [1.165, 1.54) is 11.1 Å². The second-order valence-corrected chi connectivity index (χ2v) is 7.20. The van der Waals surface area contributed by atoms with Gasteiger partial charge in [0.25, 0.3) is 5.91 Å². The number of fused-ring (bicyclic) bond motifs is 1. The van der Waals surface area contributed by atoms with E-state index in [0.717, 1.165) is 23.5 Å².